The van der Waals surface area contributed by atoms with Crippen LogP contribution in [0.1, 0.15) is 30.4 Å². The molecule has 0 saturated carbocycles. The third-order valence-corrected chi connectivity index (χ3v) is 5.76. The van der Waals surface area contributed by atoms with E-state index in [1.165, 1.54) is 16.2 Å². The molecule has 0 bridgehead atoms. The molecule has 0 aliphatic rings. The van der Waals surface area contributed by atoms with E-state index in [4.69, 9.17) is 11.6 Å². The highest BCUT2D eigenvalue weighted by Crippen LogP contribution is 2.33. The van der Waals surface area contributed by atoms with E-state index in [0.717, 1.165) is 10.1 Å². The molecule has 0 aliphatic heterocycles. The number of nitrogens with one attached hydrogen (secondary N) is 2. The predicted molar refractivity (Wildman–Crippen MR) is 126 cm³/mol. The molecule has 2 aromatic carbocycles. The van der Waals surface area contributed by atoms with Gasteiger partial charge in [0.2, 0.25) is 5.91 Å². The van der Waals surface area contributed by atoms with Gasteiger partial charge in [0.05, 0.1) is 16.3 Å². The molecule has 31 heavy (non-hydrogen) atoms. The molecule has 3 rings (SSSR count). The number of fused-ring (bicyclic) bond motifs is 1. The van der Waals surface area contributed by atoms with Crippen LogP contribution in [0.2, 0.25) is 0 Å². The third kappa shape index (κ3) is 5.15. The first-order valence-corrected chi connectivity index (χ1v) is 10.8. The summed E-state index contributed by atoms with van der Waals surface area (Å²) in [4.78, 5) is 38.0. The van der Waals surface area contributed by atoms with Gasteiger partial charge in [0.1, 0.15) is 5.88 Å². The van der Waals surface area contributed by atoms with Crippen LogP contribution in [0.15, 0.2) is 48.5 Å². The fourth-order valence-electron chi connectivity index (χ4n) is 3.14. The van der Waals surface area contributed by atoms with E-state index < -0.39 is 11.6 Å². The highest BCUT2D eigenvalue weighted by atomic mass is 35.5. The van der Waals surface area contributed by atoms with Crippen molar-refractivity contribution in [3.63, 3.8) is 0 Å². The van der Waals surface area contributed by atoms with Gasteiger partial charge in [-0.25, -0.2) is 4.79 Å². The fraction of sp³-hybridized carbons (Fsp3) is 0.227. The average Bonchev–Trinajstić information content (AvgIpc) is 3.11. The van der Waals surface area contributed by atoms with Gasteiger partial charge in [0.15, 0.2) is 0 Å². The number of benzene rings is 2. The maximum Gasteiger partial charge on any atom is 0.412 e. The number of hydrogen-bond acceptors (Lipinski definition) is 4. The van der Waals surface area contributed by atoms with Gasteiger partial charge in [0.25, 0.3) is 5.91 Å². The van der Waals surface area contributed by atoms with Gasteiger partial charge in [-0.1, -0.05) is 12.1 Å². The second-order valence-corrected chi connectivity index (χ2v) is 9.16. The Hall–Kier alpha value is -3.10. The van der Waals surface area contributed by atoms with Gasteiger partial charge in [0, 0.05) is 15.9 Å². The lowest BCUT2D eigenvalue weighted by Crippen LogP contribution is -2.45. The number of nitrogens with zero attached hydrogens (tertiary/aromatic N) is 1. The summed E-state index contributed by atoms with van der Waals surface area (Å²) in [5.74, 6) is -0.802. The lowest BCUT2D eigenvalue weighted by atomic mass is 10.0. The Bertz CT molecular complexity index is 1150. The summed E-state index contributed by atoms with van der Waals surface area (Å²) in [6, 6.07) is 13.9. The van der Waals surface area contributed by atoms with Crippen LogP contribution >= 0.6 is 22.9 Å². The summed E-state index contributed by atoms with van der Waals surface area (Å²) in [6.07, 6.45) is -1.11. The standard InChI is InChI=1S/C22H22ClN3O4S/c1-22(2,3)26(21(29)30)16-7-5-4-6-15(16)25-20(28)18-11-13-10-14(24-19(27)12-23)8-9-17(13)31-18/h4-11H,12H2,1-3H3,(H,24,27)(H,25,28)(H,29,30). The topological polar surface area (TPSA) is 98.7 Å². The van der Waals surface area contributed by atoms with Crippen molar-refractivity contribution < 1.29 is 19.5 Å². The zero-order valence-corrected chi connectivity index (χ0v) is 18.8. The summed E-state index contributed by atoms with van der Waals surface area (Å²) in [6.45, 7) is 5.35. The van der Waals surface area contributed by atoms with Gasteiger partial charge >= 0.3 is 6.09 Å². The number of rotatable bonds is 5. The minimum absolute atomic E-state index is 0.142. The summed E-state index contributed by atoms with van der Waals surface area (Å²) < 4.78 is 0.879. The minimum Gasteiger partial charge on any atom is -0.465 e. The van der Waals surface area contributed by atoms with Crippen LogP contribution in [-0.4, -0.2) is 34.4 Å². The number of alkyl halides is 1. The Kier molecular flexibility index (Phi) is 6.52. The lowest BCUT2D eigenvalue weighted by molar-refractivity contribution is -0.113. The van der Waals surface area contributed by atoms with Crippen molar-refractivity contribution in [3.05, 3.63) is 53.4 Å². The van der Waals surface area contributed by atoms with Gasteiger partial charge in [-0.2, -0.15) is 0 Å². The van der Waals surface area contributed by atoms with Crippen molar-refractivity contribution in [1.29, 1.82) is 0 Å². The molecule has 3 aromatic rings. The van der Waals surface area contributed by atoms with E-state index in [1.807, 2.05) is 6.07 Å². The first kappa shape index (κ1) is 22.6. The number of amides is 3. The van der Waals surface area contributed by atoms with Crippen LogP contribution < -0.4 is 15.5 Å². The SMILES string of the molecule is CC(C)(C)N(C(=O)O)c1ccccc1NC(=O)c1cc2cc(NC(=O)CCl)ccc2s1. The number of halogens is 1. The second-order valence-electron chi connectivity index (χ2n) is 7.81. The van der Waals surface area contributed by atoms with Gasteiger partial charge < -0.3 is 15.7 Å². The highest BCUT2D eigenvalue weighted by molar-refractivity contribution is 7.20. The monoisotopic (exact) mass is 459 g/mol. The molecule has 0 spiro atoms. The number of carboxylic acid groups (broad SMARTS) is 1. The zero-order valence-electron chi connectivity index (χ0n) is 17.2. The molecule has 0 saturated heterocycles. The van der Waals surface area contributed by atoms with Gasteiger partial charge in [-0.3, -0.25) is 14.5 Å². The smallest absolute Gasteiger partial charge is 0.412 e. The van der Waals surface area contributed by atoms with Gasteiger partial charge in [-0.15, -0.1) is 22.9 Å². The molecule has 7 nitrogen and oxygen atoms in total. The average molecular weight is 460 g/mol. The van der Waals surface area contributed by atoms with Crippen LogP contribution in [0.5, 0.6) is 0 Å². The van der Waals surface area contributed by atoms with Crippen LogP contribution in [0.4, 0.5) is 21.9 Å². The van der Waals surface area contributed by atoms with E-state index in [-0.39, 0.29) is 17.7 Å². The number of anilines is 3. The molecule has 0 fully saturated rings. The van der Waals surface area contributed by atoms with Crippen LogP contribution in [0.3, 0.4) is 0 Å². The molecule has 1 aromatic heterocycles. The van der Waals surface area contributed by atoms with E-state index in [0.29, 0.717) is 21.9 Å². The lowest BCUT2D eigenvalue weighted by Gasteiger charge is -2.34. The third-order valence-electron chi connectivity index (χ3n) is 4.40. The Morgan fingerprint density at radius 1 is 1.06 bits per heavy atom. The Labute approximate surface area is 188 Å². The molecule has 0 radical (unpaired) electrons. The largest absolute Gasteiger partial charge is 0.465 e. The van der Waals surface area contributed by atoms with E-state index >= 15 is 0 Å². The maximum absolute atomic E-state index is 12.9. The number of carbonyl (C=O) groups is 3. The molecule has 9 heteroatoms. The van der Waals surface area contributed by atoms with Crippen molar-refractivity contribution in [2.24, 2.45) is 0 Å². The quantitative estimate of drug-likeness (QED) is 0.431. The van der Waals surface area contributed by atoms with Crippen LogP contribution in [-0.2, 0) is 4.79 Å². The Morgan fingerprint density at radius 2 is 1.77 bits per heavy atom. The summed E-state index contributed by atoms with van der Waals surface area (Å²) >= 11 is 6.83. The minimum atomic E-state index is -1.11. The fourth-order valence-corrected chi connectivity index (χ4v) is 4.14. The van der Waals surface area contributed by atoms with Crippen molar-refractivity contribution in [2.45, 2.75) is 26.3 Å². The molecule has 162 valence electrons. The molecule has 0 atom stereocenters. The van der Waals surface area contributed by atoms with E-state index in [1.54, 1.807) is 63.2 Å². The number of thiophene rings is 1. The molecule has 0 aliphatic carbocycles. The summed E-state index contributed by atoms with van der Waals surface area (Å²) in [7, 11) is 0. The first-order valence-electron chi connectivity index (χ1n) is 9.43. The summed E-state index contributed by atoms with van der Waals surface area (Å²) in [5, 5.41) is 16.0. The van der Waals surface area contributed by atoms with Crippen molar-refractivity contribution in [2.75, 3.05) is 21.4 Å². The second kappa shape index (κ2) is 8.95. The molecule has 3 amide bonds. The number of carbonyl (C=O) groups excluding carboxylic acids is 2. The summed E-state index contributed by atoms with van der Waals surface area (Å²) in [5.41, 5.74) is 0.685. The van der Waals surface area contributed by atoms with E-state index in [9.17, 15) is 19.5 Å². The van der Waals surface area contributed by atoms with Gasteiger partial charge in [-0.05, 0) is 62.6 Å². The number of hydrogen-bond donors (Lipinski definition) is 3. The molecule has 1 heterocycles. The Morgan fingerprint density at radius 3 is 2.42 bits per heavy atom. The first-order chi connectivity index (χ1) is 14.6. The number of para-hydroxylation sites is 2. The highest BCUT2D eigenvalue weighted by Gasteiger charge is 2.30. The molecular formula is C22H22ClN3O4S. The van der Waals surface area contributed by atoms with Crippen molar-refractivity contribution in [3.8, 4) is 0 Å². The molecule has 3 N–H and O–H groups in total. The van der Waals surface area contributed by atoms with Crippen LogP contribution in [0.25, 0.3) is 10.1 Å². The van der Waals surface area contributed by atoms with Crippen LogP contribution in [0, 0.1) is 0 Å². The zero-order chi connectivity index (χ0) is 22.8. The normalized spacial score (nSPS) is 11.2. The molecule has 0 unspecified atom stereocenters. The molecular weight excluding hydrogens is 438 g/mol. The maximum atomic E-state index is 12.9. The van der Waals surface area contributed by atoms with Crippen molar-refractivity contribution >= 4 is 68.0 Å². The Balaban J connectivity index is 1.89. The predicted octanol–water partition coefficient (Wildman–Crippen LogP) is 5.61. The van der Waals surface area contributed by atoms with Crippen molar-refractivity contribution in [1.82, 2.24) is 0 Å². The van der Waals surface area contributed by atoms with E-state index in [2.05, 4.69) is 10.6 Å².